The number of rotatable bonds is 4. The third kappa shape index (κ3) is 2.69. The van der Waals surface area contributed by atoms with Crippen LogP contribution >= 0.6 is 0 Å². The second-order valence-corrected chi connectivity index (χ2v) is 7.05. The number of fused-ring (bicyclic) bond motifs is 1. The van der Waals surface area contributed by atoms with Crippen molar-refractivity contribution in [3.8, 4) is 0 Å². The van der Waals surface area contributed by atoms with Crippen molar-refractivity contribution >= 4 is 11.9 Å². The standard InChI is InChI=1S/C20H22N2O3/c1-13(2)12-22-18(23)16-7-5-4-6-15(16)17(19(24)25)20(22,3)14-8-10-21-11-9-14/h4-11,13,17H,12H2,1-3H3,(H,24,25). The monoisotopic (exact) mass is 338 g/mol. The van der Waals surface area contributed by atoms with Crippen molar-refractivity contribution in [3.05, 3.63) is 65.5 Å². The van der Waals surface area contributed by atoms with Crippen molar-refractivity contribution in [3.63, 3.8) is 0 Å². The Morgan fingerprint density at radius 2 is 1.88 bits per heavy atom. The van der Waals surface area contributed by atoms with Gasteiger partial charge in [0.1, 0.15) is 5.92 Å². The number of carboxylic acids is 1. The van der Waals surface area contributed by atoms with Gasteiger partial charge in [0.25, 0.3) is 5.91 Å². The van der Waals surface area contributed by atoms with Crippen LogP contribution in [0.1, 0.15) is 48.2 Å². The molecule has 2 heterocycles. The van der Waals surface area contributed by atoms with Crippen LogP contribution in [0.2, 0.25) is 0 Å². The molecule has 1 aliphatic heterocycles. The smallest absolute Gasteiger partial charge is 0.313 e. The number of aliphatic carboxylic acids is 1. The Bertz CT molecular complexity index is 804. The van der Waals surface area contributed by atoms with Crippen molar-refractivity contribution in [2.75, 3.05) is 6.54 Å². The summed E-state index contributed by atoms with van der Waals surface area (Å²) in [6.45, 7) is 6.38. The fourth-order valence-corrected chi connectivity index (χ4v) is 3.78. The van der Waals surface area contributed by atoms with Crippen LogP contribution in [0.5, 0.6) is 0 Å². The number of carbonyl (C=O) groups excluding carboxylic acids is 1. The highest BCUT2D eigenvalue weighted by Gasteiger charge is 2.52. The molecule has 1 aromatic carbocycles. The SMILES string of the molecule is CC(C)CN1C(=O)c2ccccc2C(C(=O)O)C1(C)c1ccncc1. The molecular weight excluding hydrogens is 316 g/mol. The van der Waals surface area contributed by atoms with Crippen LogP contribution in [-0.4, -0.2) is 33.4 Å². The number of carbonyl (C=O) groups is 2. The van der Waals surface area contributed by atoms with Crippen LogP contribution < -0.4 is 0 Å². The van der Waals surface area contributed by atoms with Gasteiger partial charge in [0.2, 0.25) is 0 Å². The molecule has 0 spiro atoms. The van der Waals surface area contributed by atoms with Crippen LogP contribution in [0.25, 0.3) is 0 Å². The van der Waals surface area contributed by atoms with E-state index < -0.39 is 17.4 Å². The molecule has 5 heteroatoms. The fourth-order valence-electron chi connectivity index (χ4n) is 3.78. The lowest BCUT2D eigenvalue weighted by Gasteiger charge is -2.49. The number of hydrogen-bond acceptors (Lipinski definition) is 3. The molecule has 1 amide bonds. The summed E-state index contributed by atoms with van der Waals surface area (Å²) in [5.41, 5.74) is 0.838. The molecule has 3 rings (SSSR count). The lowest BCUT2D eigenvalue weighted by molar-refractivity contribution is -0.143. The van der Waals surface area contributed by atoms with Crippen LogP contribution in [0.4, 0.5) is 0 Å². The first kappa shape index (κ1) is 17.1. The van der Waals surface area contributed by atoms with E-state index in [0.717, 1.165) is 5.56 Å². The molecule has 2 aromatic rings. The normalized spacial score (nSPS) is 22.8. The Hall–Kier alpha value is -2.69. The van der Waals surface area contributed by atoms with E-state index in [9.17, 15) is 14.7 Å². The summed E-state index contributed by atoms with van der Waals surface area (Å²) in [5, 5.41) is 10.1. The minimum atomic E-state index is -0.982. The first-order valence-corrected chi connectivity index (χ1v) is 8.41. The van der Waals surface area contributed by atoms with Gasteiger partial charge < -0.3 is 10.0 Å². The number of carboxylic acid groups (broad SMARTS) is 1. The average Bonchev–Trinajstić information content (AvgIpc) is 2.59. The zero-order chi connectivity index (χ0) is 18.2. The number of aromatic nitrogens is 1. The second-order valence-electron chi connectivity index (χ2n) is 7.05. The Labute approximate surface area is 147 Å². The second kappa shape index (κ2) is 6.31. The number of pyridine rings is 1. The van der Waals surface area contributed by atoms with Gasteiger partial charge in [-0.1, -0.05) is 32.0 Å². The zero-order valence-electron chi connectivity index (χ0n) is 14.6. The maximum Gasteiger partial charge on any atom is 0.313 e. The van der Waals surface area contributed by atoms with E-state index in [2.05, 4.69) is 4.98 Å². The Kier molecular flexibility index (Phi) is 4.33. The highest BCUT2D eigenvalue weighted by Crippen LogP contribution is 2.47. The highest BCUT2D eigenvalue weighted by atomic mass is 16.4. The first-order valence-electron chi connectivity index (χ1n) is 8.41. The van der Waals surface area contributed by atoms with E-state index >= 15 is 0 Å². The van der Waals surface area contributed by atoms with Gasteiger partial charge in [-0.25, -0.2) is 0 Å². The van der Waals surface area contributed by atoms with Crippen molar-refractivity contribution < 1.29 is 14.7 Å². The topological polar surface area (TPSA) is 70.5 Å². The van der Waals surface area contributed by atoms with Crippen molar-refractivity contribution in [2.24, 2.45) is 5.92 Å². The predicted octanol–water partition coefficient (Wildman–Crippen LogP) is 3.28. The average molecular weight is 338 g/mol. The Morgan fingerprint density at radius 1 is 1.24 bits per heavy atom. The fraction of sp³-hybridized carbons (Fsp3) is 0.350. The molecule has 2 atom stereocenters. The summed E-state index contributed by atoms with van der Waals surface area (Å²) in [4.78, 5) is 31.3. The van der Waals surface area contributed by atoms with Gasteiger partial charge in [-0.2, -0.15) is 0 Å². The molecule has 0 saturated heterocycles. The molecule has 0 radical (unpaired) electrons. The first-order chi connectivity index (χ1) is 11.9. The third-order valence-electron chi connectivity index (χ3n) is 4.93. The summed E-state index contributed by atoms with van der Waals surface area (Å²) in [6.07, 6.45) is 3.27. The van der Waals surface area contributed by atoms with E-state index in [1.54, 1.807) is 53.7 Å². The molecule has 0 fully saturated rings. The minimum absolute atomic E-state index is 0.124. The number of benzene rings is 1. The van der Waals surface area contributed by atoms with Gasteiger partial charge >= 0.3 is 5.97 Å². The number of amides is 1. The molecule has 1 N–H and O–H groups in total. The summed E-state index contributed by atoms with van der Waals surface area (Å²) in [7, 11) is 0. The van der Waals surface area contributed by atoms with E-state index in [0.29, 0.717) is 17.7 Å². The predicted molar refractivity (Wildman–Crippen MR) is 94.3 cm³/mol. The Balaban J connectivity index is 2.30. The molecule has 5 nitrogen and oxygen atoms in total. The van der Waals surface area contributed by atoms with Gasteiger partial charge in [-0.15, -0.1) is 0 Å². The van der Waals surface area contributed by atoms with E-state index in [1.807, 2.05) is 20.8 Å². The lowest BCUT2D eigenvalue weighted by Crippen LogP contribution is -2.57. The quantitative estimate of drug-likeness (QED) is 0.929. The van der Waals surface area contributed by atoms with Gasteiger partial charge in [-0.05, 0) is 42.2 Å². The highest BCUT2D eigenvalue weighted by molar-refractivity contribution is 6.01. The third-order valence-corrected chi connectivity index (χ3v) is 4.93. The van der Waals surface area contributed by atoms with Gasteiger partial charge in [-0.3, -0.25) is 14.6 Å². The molecule has 1 aromatic heterocycles. The molecule has 0 aliphatic carbocycles. The largest absolute Gasteiger partial charge is 0.481 e. The van der Waals surface area contributed by atoms with Gasteiger partial charge in [0.15, 0.2) is 0 Å². The lowest BCUT2D eigenvalue weighted by atomic mass is 9.70. The molecule has 1 aliphatic rings. The van der Waals surface area contributed by atoms with Gasteiger partial charge in [0, 0.05) is 24.5 Å². The molecule has 25 heavy (non-hydrogen) atoms. The summed E-state index contributed by atoms with van der Waals surface area (Å²) < 4.78 is 0. The van der Waals surface area contributed by atoms with Crippen LogP contribution in [0.3, 0.4) is 0 Å². The van der Waals surface area contributed by atoms with Crippen LogP contribution in [0.15, 0.2) is 48.8 Å². The van der Waals surface area contributed by atoms with Crippen molar-refractivity contribution in [1.82, 2.24) is 9.88 Å². The van der Waals surface area contributed by atoms with E-state index in [4.69, 9.17) is 0 Å². The maximum absolute atomic E-state index is 13.2. The minimum Gasteiger partial charge on any atom is -0.481 e. The Morgan fingerprint density at radius 3 is 2.48 bits per heavy atom. The molecule has 2 unspecified atom stereocenters. The van der Waals surface area contributed by atoms with E-state index in [-0.39, 0.29) is 11.8 Å². The van der Waals surface area contributed by atoms with Crippen LogP contribution in [0, 0.1) is 5.92 Å². The van der Waals surface area contributed by atoms with E-state index in [1.165, 1.54) is 0 Å². The molecular formula is C20H22N2O3. The van der Waals surface area contributed by atoms with Crippen LogP contribution in [-0.2, 0) is 10.3 Å². The zero-order valence-corrected chi connectivity index (χ0v) is 14.6. The van der Waals surface area contributed by atoms with Gasteiger partial charge in [0.05, 0.1) is 5.54 Å². The van der Waals surface area contributed by atoms with Crippen molar-refractivity contribution in [2.45, 2.75) is 32.2 Å². The summed E-state index contributed by atoms with van der Waals surface area (Å²) in [5.74, 6) is -1.69. The van der Waals surface area contributed by atoms with Crippen molar-refractivity contribution in [1.29, 1.82) is 0 Å². The molecule has 130 valence electrons. The molecule has 0 bridgehead atoms. The number of hydrogen-bond donors (Lipinski definition) is 1. The number of nitrogens with zero attached hydrogens (tertiary/aromatic N) is 2. The molecule has 0 saturated carbocycles. The summed E-state index contributed by atoms with van der Waals surface area (Å²) in [6, 6.07) is 10.6. The summed E-state index contributed by atoms with van der Waals surface area (Å²) >= 11 is 0. The maximum atomic E-state index is 13.2.